The minimum absolute atomic E-state index is 0.00323. The quantitative estimate of drug-likeness (QED) is 0.574. The van der Waals surface area contributed by atoms with Crippen molar-refractivity contribution in [1.29, 1.82) is 0 Å². The molecule has 0 saturated carbocycles. The van der Waals surface area contributed by atoms with E-state index in [-0.39, 0.29) is 11.8 Å². The SMILES string of the molecule is COc1cc(OC)cc(C(=O)Nc2ccc(N3CCN(C(=O)c4ccc(Cl)cc4)CC3)nc2)c1. The monoisotopic (exact) mass is 480 g/mol. The van der Waals surface area contributed by atoms with Crippen molar-refractivity contribution in [1.82, 2.24) is 9.88 Å². The minimum Gasteiger partial charge on any atom is -0.497 e. The fraction of sp³-hybridized carbons (Fsp3) is 0.240. The predicted octanol–water partition coefficient (Wildman–Crippen LogP) is 3.97. The van der Waals surface area contributed by atoms with Crippen molar-refractivity contribution in [2.24, 2.45) is 0 Å². The first-order valence-corrected chi connectivity index (χ1v) is 11.1. The molecule has 2 aromatic carbocycles. The van der Waals surface area contributed by atoms with Crippen molar-refractivity contribution in [3.05, 3.63) is 76.9 Å². The van der Waals surface area contributed by atoms with Gasteiger partial charge in [0.05, 0.1) is 26.1 Å². The number of pyridine rings is 1. The maximum Gasteiger partial charge on any atom is 0.255 e. The van der Waals surface area contributed by atoms with E-state index < -0.39 is 0 Å². The van der Waals surface area contributed by atoms with Crippen molar-refractivity contribution in [3.8, 4) is 11.5 Å². The highest BCUT2D eigenvalue weighted by Gasteiger charge is 2.23. The molecule has 2 heterocycles. The zero-order valence-corrected chi connectivity index (χ0v) is 19.7. The molecule has 1 N–H and O–H groups in total. The number of rotatable bonds is 6. The van der Waals surface area contributed by atoms with E-state index in [1.807, 2.05) is 17.0 Å². The topological polar surface area (TPSA) is 84.0 Å². The smallest absolute Gasteiger partial charge is 0.255 e. The van der Waals surface area contributed by atoms with Gasteiger partial charge in [0.1, 0.15) is 17.3 Å². The van der Waals surface area contributed by atoms with E-state index in [2.05, 4.69) is 15.2 Å². The molecule has 4 rings (SSSR count). The molecule has 1 aliphatic rings. The predicted molar refractivity (Wildman–Crippen MR) is 131 cm³/mol. The Morgan fingerprint density at radius 2 is 1.53 bits per heavy atom. The van der Waals surface area contributed by atoms with E-state index in [0.29, 0.717) is 59.5 Å². The summed E-state index contributed by atoms with van der Waals surface area (Å²) in [5.74, 6) is 1.57. The number of nitrogens with zero attached hydrogens (tertiary/aromatic N) is 3. The Balaban J connectivity index is 1.35. The summed E-state index contributed by atoms with van der Waals surface area (Å²) in [5, 5.41) is 3.45. The fourth-order valence-corrected chi connectivity index (χ4v) is 3.83. The second kappa shape index (κ2) is 10.4. The third-order valence-electron chi connectivity index (χ3n) is 5.60. The molecule has 0 unspecified atom stereocenters. The third-order valence-corrected chi connectivity index (χ3v) is 5.85. The summed E-state index contributed by atoms with van der Waals surface area (Å²) < 4.78 is 10.5. The van der Waals surface area contributed by atoms with Crippen LogP contribution in [0.25, 0.3) is 0 Å². The number of halogens is 1. The molecule has 1 fully saturated rings. The van der Waals surface area contributed by atoms with Gasteiger partial charge in [0, 0.05) is 48.4 Å². The van der Waals surface area contributed by atoms with Crippen LogP contribution in [-0.4, -0.2) is 62.1 Å². The largest absolute Gasteiger partial charge is 0.497 e. The van der Waals surface area contributed by atoms with Gasteiger partial charge in [-0.1, -0.05) is 11.6 Å². The molecule has 0 radical (unpaired) electrons. The van der Waals surface area contributed by atoms with Crippen LogP contribution in [0.15, 0.2) is 60.8 Å². The van der Waals surface area contributed by atoms with Crippen molar-refractivity contribution in [2.75, 3.05) is 50.6 Å². The molecule has 1 saturated heterocycles. The molecule has 0 spiro atoms. The van der Waals surface area contributed by atoms with Gasteiger partial charge in [-0.3, -0.25) is 9.59 Å². The van der Waals surface area contributed by atoms with Gasteiger partial charge in [0.2, 0.25) is 0 Å². The number of methoxy groups -OCH3 is 2. The molecule has 0 aliphatic carbocycles. The summed E-state index contributed by atoms with van der Waals surface area (Å²) in [6.45, 7) is 2.53. The van der Waals surface area contributed by atoms with Gasteiger partial charge in [-0.2, -0.15) is 0 Å². The van der Waals surface area contributed by atoms with Crippen LogP contribution in [0.4, 0.5) is 11.5 Å². The van der Waals surface area contributed by atoms with E-state index in [0.717, 1.165) is 5.82 Å². The first kappa shape index (κ1) is 23.4. The second-order valence-electron chi connectivity index (χ2n) is 7.75. The van der Waals surface area contributed by atoms with Crippen molar-refractivity contribution >= 4 is 34.9 Å². The molecule has 2 amide bonds. The van der Waals surface area contributed by atoms with Crippen LogP contribution in [0, 0.1) is 0 Å². The van der Waals surface area contributed by atoms with Crippen LogP contribution in [0.3, 0.4) is 0 Å². The number of anilines is 2. The molecular weight excluding hydrogens is 456 g/mol. The lowest BCUT2D eigenvalue weighted by molar-refractivity contribution is 0.0746. The van der Waals surface area contributed by atoms with Crippen molar-refractivity contribution in [2.45, 2.75) is 0 Å². The lowest BCUT2D eigenvalue weighted by atomic mass is 10.1. The van der Waals surface area contributed by atoms with E-state index >= 15 is 0 Å². The average molecular weight is 481 g/mol. The Hall–Kier alpha value is -3.78. The lowest BCUT2D eigenvalue weighted by Gasteiger charge is -2.35. The Bertz CT molecular complexity index is 1140. The normalized spacial score (nSPS) is 13.4. The van der Waals surface area contributed by atoms with Crippen molar-refractivity contribution in [3.63, 3.8) is 0 Å². The fourth-order valence-electron chi connectivity index (χ4n) is 3.70. The van der Waals surface area contributed by atoms with Crippen molar-refractivity contribution < 1.29 is 19.1 Å². The summed E-state index contributed by atoms with van der Waals surface area (Å²) >= 11 is 5.91. The first-order chi connectivity index (χ1) is 16.5. The Labute approximate surface area is 203 Å². The van der Waals surface area contributed by atoms with E-state index in [1.54, 1.807) is 48.7 Å². The van der Waals surface area contributed by atoms with Crippen LogP contribution in [0.2, 0.25) is 5.02 Å². The number of nitrogens with one attached hydrogen (secondary N) is 1. The van der Waals surface area contributed by atoms with E-state index in [4.69, 9.17) is 21.1 Å². The standard InChI is InChI=1S/C25H25ClN4O4/c1-33-21-13-18(14-22(15-21)34-2)24(31)28-20-7-8-23(27-16-20)29-9-11-30(12-10-29)25(32)17-3-5-19(26)6-4-17/h3-8,13-16H,9-12H2,1-2H3,(H,28,31). The number of ether oxygens (including phenoxy) is 2. The van der Waals surface area contributed by atoms with Gasteiger partial charge in [-0.05, 0) is 48.5 Å². The number of benzene rings is 2. The number of carbonyl (C=O) groups excluding carboxylic acids is 2. The number of aromatic nitrogens is 1. The third kappa shape index (κ3) is 5.40. The number of amides is 2. The summed E-state index contributed by atoms with van der Waals surface area (Å²) in [6, 6.07) is 15.6. The molecule has 9 heteroatoms. The highest BCUT2D eigenvalue weighted by atomic mass is 35.5. The molecule has 34 heavy (non-hydrogen) atoms. The average Bonchev–Trinajstić information content (AvgIpc) is 2.89. The highest BCUT2D eigenvalue weighted by molar-refractivity contribution is 6.30. The van der Waals surface area contributed by atoms with Gasteiger partial charge in [0.25, 0.3) is 11.8 Å². The molecule has 1 aromatic heterocycles. The minimum atomic E-state index is -0.291. The second-order valence-corrected chi connectivity index (χ2v) is 8.18. The summed E-state index contributed by atoms with van der Waals surface area (Å²) in [7, 11) is 3.07. The zero-order chi connectivity index (χ0) is 24.1. The van der Waals surface area contributed by atoms with Gasteiger partial charge < -0.3 is 24.6 Å². The van der Waals surface area contributed by atoms with Crippen LogP contribution < -0.4 is 19.7 Å². The summed E-state index contributed by atoms with van der Waals surface area (Å²) in [5.41, 5.74) is 1.62. The number of hydrogen-bond acceptors (Lipinski definition) is 6. The number of piperazine rings is 1. The first-order valence-electron chi connectivity index (χ1n) is 10.8. The Morgan fingerprint density at radius 3 is 2.09 bits per heavy atom. The Morgan fingerprint density at radius 1 is 0.882 bits per heavy atom. The Kier molecular flexibility index (Phi) is 7.18. The zero-order valence-electron chi connectivity index (χ0n) is 19.0. The van der Waals surface area contributed by atoms with Crippen LogP contribution >= 0.6 is 11.6 Å². The summed E-state index contributed by atoms with van der Waals surface area (Å²) in [6.07, 6.45) is 1.62. The van der Waals surface area contributed by atoms with Crippen LogP contribution in [0.5, 0.6) is 11.5 Å². The molecule has 176 valence electrons. The maximum atomic E-state index is 12.7. The molecule has 0 atom stereocenters. The molecular formula is C25H25ClN4O4. The number of hydrogen-bond donors (Lipinski definition) is 1. The molecule has 0 bridgehead atoms. The van der Waals surface area contributed by atoms with Crippen LogP contribution in [0.1, 0.15) is 20.7 Å². The molecule has 3 aromatic rings. The summed E-state index contributed by atoms with van der Waals surface area (Å²) in [4.78, 5) is 33.8. The van der Waals surface area contributed by atoms with Crippen LogP contribution in [-0.2, 0) is 0 Å². The van der Waals surface area contributed by atoms with Gasteiger partial charge in [-0.25, -0.2) is 4.98 Å². The van der Waals surface area contributed by atoms with E-state index in [9.17, 15) is 9.59 Å². The lowest BCUT2D eigenvalue weighted by Crippen LogP contribution is -2.49. The van der Waals surface area contributed by atoms with E-state index in [1.165, 1.54) is 14.2 Å². The van der Waals surface area contributed by atoms with Gasteiger partial charge in [0.15, 0.2) is 0 Å². The van der Waals surface area contributed by atoms with Gasteiger partial charge >= 0.3 is 0 Å². The van der Waals surface area contributed by atoms with Gasteiger partial charge in [-0.15, -0.1) is 0 Å². The maximum absolute atomic E-state index is 12.7. The molecule has 1 aliphatic heterocycles. The highest BCUT2D eigenvalue weighted by Crippen LogP contribution is 2.24. The number of carbonyl (C=O) groups is 2. The molecule has 8 nitrogen and oxygen atoms in total.